The number of piperazine rings is 1. The second-order valence-electron chi connectivity index (χ2n) is 7.12. The molecule has 138 valence electrons. The zero-order chi connectivity index (χ0) is 17.6. The number of urea groups is 1. The van der Waals surface area contributed by atoms with Crippen molar-refractivity contribution in [2.75, 3.05) is 51.6 Å². The first-order valence-electron chi connectivity index (χ1n) is 9.30. The highest BCUT2D eigenvalue weighted by molar-refractivity contribution is 5.89. The number of aromatic nitrogens is 1. The second-order valence-corrected chi connectivity index (χ2v) is 7.12. The van der Waals surface area contributed by atoms with Gasteiger partial charge in [0.05, 0.1) is 0 Å². The van der Waals surface area contributed by atoms with Gasteiger partial charge in [0.25, 0.3) is 5.56 Å². The number of likely N-dealkylation sites (N-methyl/N-ethyl adjacent to an activating group) is 1. The number of nitrogens with one attached hydrogen (secondary N) is 2. The Morgan fingerprint density at radius 3 is 2.80 bits per heavy atom. The lowest BCUT2D eigenvalue weighted by Gasteiger charge is -2.38. The van der Waals surface area contributed by atoms with E-state index >= 15 is 0 Å². The first-order valence-corrected chi connectivity index (χ1v) is 9.30. The summed E-state index contributed by atoms with van der Waals surface area (Å²) in [6.07, 6.45) is 5.82. The Morgan fingerprint density at radius 1 is 1.24 bits per heavy atom. The fourth-order valence-corrected chi connectivity index (χ4v) is 3.68. The van der Waals surface area contributed by atoms with E-state index in [9.17, 15) is 9.59 Å². The lowest BCUT2D eigenvalue weighted by atomic mass is 9.99. The molecule has 1 aromatic heterocycles. The van der Waals surface area contributed by atoms with Crippen molar-refractivity contribution in [3.63, 3.8) is 0 Å². The van der Waals surface area contributed by atoms with Crippen LogP contribution in [0.1, 0.15) is 25.7 Å². The molecule has 0 aromatic carbocycles. The molecule has 2 saturated heterocycles. The van der Waals surface area contributed by atoms with Gasteiger partial charge in [-0.25, -0.2) is 4.79 Å². The van der Waals surface area contributed by atoms with Crippen molar-refractivity contribution in [3.8, 4) is 0 Å². The van der Waals surface area contributed by atoms with Crippen molar-refractivity contribution in [1.29, 1.82) is 0 Å². The lowest BCUT2D eigenvalue weighted by molar-refractivity contribution is 0.122. The minimum absolute atomic E-state index is 0.153. The molecule has 0 saturated carbocycles. The third-order valence-corrected chi connectivity index (χ3v) is 5.32. The number of carbonyl (C=O) groups excluding carboxylic acids is 1. The molecule has 3 rings (SSSR count). The summed E-state index contributed by atoms with van der Waals surface area (Å²) in [6, 6.07) is 3.47. The lowest BCUT2D eigenvalue weighted by Crippen LogP contribution is -2.49. The maximum absolute atomic E-state index is 12.7. The monoisotopic (exact) mass is 347 g/mol. The van der Waals surface area contributed by atoms with Crippen molar-refractivity contribution < 1.29 is 4.79 Å². The fraction of sp³-hybridized carbons (Fsp3) is 0.667. The molecule has 7 nitrogen and oxygen atoms in total. The molecule has 2 aliphatic rings. The van der Waals surface area contributed by atoms with Crippen LogP contribution in [0.15, 0.2) is 23.1 Å². The molecule has 1 unspecified atom stereocenters. The summed E-state index contributed by atoms with van der Waals surface area (Å²) in [5.41, 5.74) is 0.0535. The van der Waals surface area contributed by atoms with Crippen molar-refractivity contribution in [2.45, 2.75) is 31.7 Å². The maximum atomic E-state index is 12.7. The van der Waals surface area contributed by atoms with E-state index in [1.807, 2.05) is 4.90 Å². The summed E-state index contributed by atoms with van der Waals surface area (Å²) in [4.78, 5) is 33.8. The van der Waals surface area contributed by atoms with E-state index in [4.69, 9.17) is 0 Å². The molecule has 0 aliphatic carbocycles. The highest BCUT2D eigenvalue weighted by Gasteiger charge is 2.27. The summed E-state index contributed by atoms with van der Waals surface area (Å²) in [5, 5.41) is 2.78. The van der Waals surface area contributed by atoms with Gasteiger partial charge in [-0.15, -0.1) is 0 Å². The van der Waals surface area contributed by atoms with Crippen LogP contribution in [0.3, 0.4) is 0 Å². The summed E-state index contributed by atoms with van der Waals surface area (Å²) in [7, 11) is 2.16. The minimum Gasteiger partial charge on any atom is -0.327 e. The van der Waals surface area contributed by atoms with E-state index in [2.05, 4.69) is 27.1 Å². The fourth-order valence-electron chi connectivity index (χ4n) is 3.68. The summed E-state index contributed by atoms with van der Waals surface area (Å²) in [5.74, 6) is 0. The first kappa shape index (κ1) is 17.9. The molecule has 1 atom stereocenters. The van der Waals surface area contributed by atoms with Crippen LogP contribution in [0.5, 0.6) is 0 Å². The number of hydrogen-bond acceptors (Lipinski definition) is 4. The predicted octanol–water partition coefficient (Wildman–Crippen LogP) is 1.40. The number of pyridine rings is 1. The van der Waals surface area contributed by atoms with E-state index in [0.717, 1.165) is 58.5 Å². The molecule has 0 spiro atoms. The number of rotatable bonds is 4. The van der Waals surface area contributed by atoms with Gasteiger partial charge >= 0.3 is 6.03 Å². The van der Waals surface area contributed by atoms with Crippen LogP contribution in [0.25, 0.3) is 0 Å². The normalized spacial score (nSPS) is 22.8. The number of likely N-dealkylation sites (tertiary alicyclic amines) is 1. The number of nitrogens with zero attached hydrogens (tertiary/aromatic N) is 3. The van der Waals surface area contributed by atoms with E-state index < -0.39 is 0 Å². The van der Waals surface area contributed by atoms with Crippen molar-refractivity contribution in [2.24, 2.45) is 0 Å². The van der Waals surface area contributed by atoms with E-state index in [-0.39, 0.29) is 17.6 Å². The van der Waals surface area contributed by atoms with E-state index in [0.29, 0.717) is 5.69 Å². The van der Waals surface area contributed by atoms with Gasteiger partial charge in [-0.3, -0.25) is 4.79 Å². The van der Waals surface area contributed by atoms with Crippen molar-refractivity contribution >= 4 is 11.7 Å². The maximum Gasteiger partial charge on any atom is 0.322 e. The molecule has 2 fully saturated rings. The van der Waals surface area contributed by atoms with Crippen LogP contribution in [0.2, 0.25) is 0 Å². The standard InChI is InChI=1S/C18H29N5O2/c1-21-11-13-22(14-12-21)10-7-15-5-2-3-9-23(15)18(25)20-16-6-4-8-19-17(16)24/h4,6,8,15H,2-3,5,7,9-14H2,1H3,(H,19,24)(H,20,25). The van der Waals surface area contributed by atoms with Gasteiger partial charge in [0.1, 0.15) is 5.69 Å². The topological polar surface area (TPSA) is 71.7 Å². The molecular weight excluding hydrogens is 318 g/mol. The van der Waals surface area contributed by atoms with Crippen LogP contribution in [0, 0.1) is 0 Å². The van der Waals surface area contributed by atoms with Gasteiger partial charge in [0, 0.05) is 51.5 Å². The molecule has 25 heavy (non-hydrogen) atoms. The van der Waals surface area contributed by atoms with Crippen LogP contribution in [0.4, 0.5) is 10.5 Å². The zero-order valence-electron chi connectivity index (χ0n) is 15.0. The summed E-state index contributed by atoms with van der Waals surface area (Å²) >= 11 is 0. The second kappa shape index (κ2) is 8.49. The number of anilines is 1. The predicted molar refractivity (Wildman–Crippen MR) is 99.0 cm³/mol. The number of piperidine rings is 1. The van der Waals surface area contributed by atoms with Gasteiger partial charge in [-0.1, -0.05) is 0 Å². The van der Waals surface area contributed by atoms with Gasteiger partial charge in [0.15, 0.2) is 0 Å². The Labute approximate surface area is 149 Å². The Bertz CT molecular complexity index is 624. The van der Waals surface area contributed by atoms with Gasteiger partial charge in [-0.05, 0) is 44.9 Å². The molecule has 2 amide bonds. The van der Waals surface area contributed by atoms with Crippen molar-refractivity contribution in [3.05, 3.63) is 28.7 Å². The smallest absolute Gasteiger partial charge is 0.322 e. The largest absolute Gasteiger partial charge is 0.327 e. The molecular formula is C18H29N5O2. The average Bonchev–Trinajstić information content (AvgIpc) is 2.63. The Balaban J connectivity index is 1.56. The Morgan fingerprint density at radius 2 is 2.04 bits per heavy atom. The van der Waals surface area contributed by atoms with Gasteiger partial charge in [0.2, 0.25) is 0 Å². The quantitative estimate of drug-likeness (QED) is 0.864. The molecule has 0 bridgehead atoms. The highest BCUT2D eigenvalue weighted by atomic mass is 16.2. The number of H-pyrrole nitrogens is 1. The third-order valence-electron chi connectivity index (χ3n) is 5.32. The first-order chi connectivity index (χ1) is 12.1. The molecule has 0 radical (unpaired) electrons. The number of amides is 2. The molecule has 7 heteroatoms. The number of carbonyl (C=O) groups is 1. The zero-order valence-corrected chi connectivity index (χ0v) is 15.0. The molecule has 3 heterocycles. The SMILES string of the molecule is CN1CCN(CCC2CCCCN2C(=O)Nc2ccc[nH]c2=O)CC1. The van der Waals surface area contributed by atoms with Gasteiger partial charge < -0.3 is 25.0 Å². The average molecular weight is 347 g/mol. The molecule has 1 aromatic rings. The summed E-state index contributed by atoms with van der Waals surface area (Å²) < 4.78 is 0. The minimum atomic E-state index is -0.262. The number of aromatic amines is 1. The third kappa shape index (κ3) is 4.83. The summed E-state index contributed by atoms with van der Waals surface area (Å²) in [6.45, 7) is 6.25. The van der Waals surface area contributed by atoms with Crippen molar-refractivity contribution in [1.82, 2.24) is 19.7 Å². The van der Waals surface area contributed by atoms with Crippen LogP contribution < -0.4 is 10.9 Å². The van der Waals surface area contributed by atoms with Crippen LogP contribution in [-0.4, -0.2) is 78.1 Å². The van der Waals surface area contributed by atoms with E-state index in [1.165, 1.54) is 6.42 Å². The highest BCUT2D eigenvalue weighted by Crippen LogP contribution is 2.21. The molecule has 2 N–H and O–H groups in total. The van der Waals surface area contributed by atoms with Crippen LogP contribution in [-0.2, 0) is 0 Å². The van der Waals surface area contributed by atoms with Gasteiger partial charge in [-0.2, -0.15) is 0 Å². The van der Waals surface area contributed by atoms with Crippen LogP contribution >= 0.6 is 0 Å². The Hall–Kier alpha value is -1.86. The number of hydrogen-bond donors (Lipinski definition) is 2. The molecule has 2 aliphatic heterocycles. The van der Waals surface area contributed by atoms with E-state index in [1.54, 1.807) is 18.3 Å². The Kier molecular flexibility index (Phi) is 6.09.